The number of nitrogens with zero attached hydrogens (tertiary/aromatic N) is 3. The Morgan fingerprint density at radius 1 is 1.31 bits per heavy atom. The predicted octanol–water partition coefficient (Wildman–Crippen LogP) is 6.35. The molecule has 1 atom stereocenters. The maximum absolute atomic E-state index is 13.3. The number of benzene rings is 1. The summed E-state index contributed by atoms with van der Waals surface area (Å²) >= 11 is 7.60. The Kier molecular flexibility index (Phi) is 9.42. The zero-order valence-corrected chi connectivity index (χ0v) is 22.3. The quantitative estimate of drug-likeness (QED) is 0.359. The fourth-order valence-electron chi connectivity index (χ4n) is 4.77. The van der Waals surface area contributed by atoms with Gasteiger partial charge in [-0.2, -0.15) is 0 Å². The van der Waals surface area contributed by atoms with Gasteiger partial charge in [0.15, 0.2) is 5.78 Å². The summed E-state index contributed by atoms with van der Waals surface area (Å²) in [5.74, 6) is 0.465. The number of hydrogen-bond donors (Lipinski definition) is 1. The van der Waals surface area contributed by atoms with E-state index >= 15 is 0 Å². The van der Waals surface area contributed by atoms with Gasteiger partial charge in [-0.3, -0.25) is 9.69 Å². The Morgan fingerprint density at radius 3 is 2.92 bits per heavy atom. The number of halogens is 2. The first-order valence-electron chi connectivity index (χ1n) is 12.3. The molecule has 0 amide bonds. The molecule has 5 rings (SSSR count). The molecule has 1 aromatic carbocycles. The molecule has 1 fully saturated rings. The third-order valence-electron chi connectivity index (χ3n) is 6.48. The molecule has 192 valence electrons. The van der Waals surface area contributed by atoms with Gasteiger partial charge in [-0.25, -0.2) is 14.4 Å². The monoisotopic (exact) mass is 530 g/mol. The molecule has 3 aromatic rings. The number of anilines is 2. The van der Waals surface area contributed by atoms with Gasteiger partial charge in [-0.05, 0) is 81.8 Å². The number of likely N-dealkylation sites (tertiary alicyclic amines) is 1. The average Bonchev–Trinajstić information content (AvgIpc) is 3.46. The maximum Gasteiger partial charge on any atom is 0.152 e. The standard InChI is InChI=1S/C16H13ClFN3S.C11H19NO2/c17-11-7-9(5-6-12(11)18)21-15-14-10-3-1-2-4-13(10)22-16(14)20-8-19-15;1-10(13)5-3-7-12-8-4-6-11(12)9-14-2/h5-8H,1-4H2,(H,19,20,21);3,5,11H,4,6-9H2,1-2H3/b;5-3+. The minimum absolute atomic E-state index is 0.0997. The van der Waals surface area contributed by atoms with Crippen LogP contribution in [0, 0.1) is 5.82 Å². The Balaban J connectivity index is 0.000000189. The van der Waals surface area contributed by atoms with Crippen LogP contribution in [0.1, 0.15) is 43.0 Å². The van der Waals surface area contributed by atoms with E-state index in [2.05, 4.69) is 20.2 Å². The lowest BCUT2D eigenvalue weighted by atomic mass is 9.97. The third kappa shape index (κ3) is 6.68. The summed E-state index contributed by atoms with van der Waals surface area (Å²) < 4.78 is 18.4. The lowest BCUT2D eigenvalue weighted by Gasteiger charge is -2.21. The number of carbonyl (C=O) groups excluding carboxylic acids is 1. The van der Waals surface area contributed by atoms with Crippen LogP contribution in [-0.4, -0.2) is 53.5 Å². The summed E-state index contributed by atoms with van der Waals surface area (Å²) in [6.45, 7) is 4.37. The van der Waals surface area contributed by atoms with E-state index in [1.807, 2.05) is 6.08 Å². The van der Waals surface area contributed by atoms with E-state index in [4.69, 9.17) is 16.3 Å². The van der Waals surface area contributed by atoms with Crippen LogP contribution in [0.25, 0.3) is 10.2 Å². The van der Waals surface area contributed by atoms with Crippen LogP contribution < -0.4 is 5.32 Å². The van der Waals surface area contributed by atoms with E-state index in [9.17, 15) is 9.18 Å². The number of hydrogen-bond acceptors (Lipinski definition) is 7. The van der Waals surface area contributed by atoms with E-state index in [-0.39, 0.29) is 10.8 Å². The number of carbonyl (C=O) groups is 1. The zero-order valence-electron chi connectivity index (χ0n) is 20.7. The molecule has 2 aliphatic rings. The molecule has 6 nitrogen and oxygen atoms in total. The molecular weight excluding hydrogens is 499 g/mol. The van der Waals surface area contributed by atoms with E-state index in [1.54, 1.807) is 49.9 Å². The lowest BCUT2D eigenvalue weighted by Crippen LogP contribution is -2.32. The lowest BCUT2D eigenvalue weighted by molar-refractivity contribution is -0.112. The number of rotatable bonds is 7. The van der Waals surface area contributed by atoms with Gasteiger partial charge in [0.05, 0.1) is 17.0 Å². The number of ketones is 1. The SMILES string of the molecule is COCC1CCCN1C/C=C/C(C)=O.Fc1ccc(Nc2ncnc3sc4c(c23)CCCC4)cc1Cl. The van der Waals surface area contributed by atoms with Gasteiger partial charge in [0.2, 0.25) is 0 Å². The van der Waals surface area contributed by atoms with Gasteiger partial charge in [0.25, 0.3) is 0 Å². The van der Waals surface area contributed by atoms with E-state index in [1.165, 1.54) is 42.2 Å². The van der Waals surface area contributed by atoms with Gasteiger partial charge >= 0.3 is 0 Å². The topological polar surface area (TPSA) is 67.3 Å². The molecule has 0 saturated carbocycles. The highest BCUT2D eigenvalue weighted by Crippen LogP contribution is 2.39. The number of allylic oxidation sites excluding steroid dienone is 1. The second kappa shape index (κ2) is 12.7. The normalized spacial score (nSPS) is 17.7. The molecule has 36 heavy (non-hydrogen) atoms. The minimum atomic E-state index is -0.423. The van der Waals surface area contributed by atoms with E-state index < -0.39 is 5.82 Å². The summed E-state index contributed by atoms with van der Waals surface area (Å²) in [5, 5.41) is 4.45. The highest BCUT2D eigenvalue weighted by molar-refractivity contribution is 7.19. The number of nitrogens with one attached hydrogen (secondary N) is 1. The third-order valence-corrected chi connectivity index (χ3v) is 7.97. The first-order chi connectivity index (χ1) is 17.5. The predicted molar refractivity (Wildman–Crippen MR) is 145 cm³/mol. The van der Waals surface area contributed by atoms with Crippen molar-refractivity contribution in [1.82, 2.24) is 14.9 Å². The number of methoxy groups -OCH3 is 1. The molecule has 0 bridgehead atoms. The van der Waals surface area contributed by atoms with Gasteiger partial charge < -0.3 is 10.1 Å². The second-order valence-electron chi connectivity index (χ2n) is 9.13. The van der Waals surface area contributed by atoms with Gasteiger partial charge in [0, 0.05) is 30.3 Å². The molecule has 9 heteroatoms. The summed E-state index contributed by atoms with van der Waals surface area (Å²) in [4.78, 5) is 24.3. The number of thiophene rings is 1. The molecule has 1 aliphatic carbocycles. The van der Waals surface area contributed by atoms with Crippen LogP contribution in [0.4, 0.5) is 15.9 Å². The van der Waals surface area contributed by atoms with Crippen LogP contribution in [0.3, 0.4) is 0 Å². The number of fused-ring (bicyclic) bond motifs is 3. The van der Waals surface area contributed by atoms with Crippen LogP contribution in [0.15, 0.2) is 36.7 Å². The van der Waals surface area contributed by atoms with Gasteiger partial charge in [-0.15, -0.1) is 11.3 Å². The minimum Gasteiger partial charge on any atom is -0.383 e. The molecule has 1 aliphatic heterocycles. The first kappa shape index (κ1) is 26.7. The summed E-state index contributed by atoms with van der Waals surface area (Å²) in [5.41, 5.74) is 2.09. The Morgan fingerprint density at radius 2 is 2.14 bits per heavy atom. The van der Waals surface area contributed by atoms with E-state index in [0.717, 1.165) is 54.3 Å². The second-order valence-corrected chi connectivity index (χ2v) is 10.6. The van der Waals surface area contributed by atoms with Crippen molar-refractivity contribution < 1.29 is 13.9 Å². The van der Waals surface area contributed by atoms with E-state index in [0.29, 0.717) is 6.04 Å². The highest BCUT2D eigenvalue weighted by atomic mass is 35.5. The molecule has 2 aromatic heterocycles. The molecule has 1 N–H and O–H groups in total. The first-order valence-corrected chi connectivity index (χ1v) is 13.5. The van der Waals surface area contributed by atoms with Crippen molar-refractivity contribution in [1.29, 1.82) is 0 Å². The Hall–Kier alpha value is -2.39. The maximum atomic E-state index is 13.3. The van der Waals surface area contributed by atoms with Crippen molar-refractivity contribution in [2.75, 3.05) is 32.1 Å². The molecule has 0 spiro atoms. The van der Waals surface area contributed by atoms with Crippen molar-refractivity contribution in [3.05, 3.63) is 58.0 Å². The van der Waals surface area contributed by atoms with Crippen LogP contribution >= 0.6 is 22.9 Å². The number of aromatic nitrogens is 2. The smallest absolute Gasteiger partial charge is 0.152 e. The van der Waals surface area contributed by atoms with Crippen molar-refractivity contribution in [2.45, 2.75) is 51.5 Å². The van der Waals surface area contributed by atoms with Crippen LogP contribution in [-0.2, 0) is 22.4 Å². The molecule has 1 saturated heterocycles. The average molecular weight is 531 g/mol. The van der Waals surface area contributed by atoms with Crippen LogP contribution in [0.5, 0.6) is 0 Å². The van der Waals surface area contributed by atoms with Gasteiger partial charge in [0.1, 0.15) is 22.8 Å². The number of ether oxygens (including phenoxy) is 1. The molecule has 3 heterocycles. The number of aryl methyl sites for hydroxylation is 2. The van der Waals surface area contributed by atoms with Crippen LogP contribution in [0.2, 0.25) is 5.02 Å². The van der Waals surface area contributed by atoms with Crippen molar-refractivity contribution in [3.63, 3.8) is 0 Å². The fourth-order valence-corrected chi connectivity index (χ4v) is 6.18. The van der Waals surface area contributed by atoms with Gasteiger partial charge in [-0.1, -0.05) is 17.7 Å². The zero-order chi connectivity index (χ0) is 25.5. The largest absolute Gasteiger partial charge is 0.383 e. The summed E-state index contributed by atoms with van der Waals surface area (Å²) in [7, 11) is 1.74. The van der Waals surface area contributed by atoms with Crippen molar-refractivity contribution in [3.8, 4) is 0 Å². The Bertz CT molecular complexity index is 1230. The highest BCUT2D eigenvalue weighted by Gasteiger charge is 2.23. The summed E-state index contributed by atoms with van der Waals surface area (Å²) in [6, 6.07) is 5.13. The molecule has 0 radical (unpaired) electrons. The Labute approximate surface area is 220 Å². The molecular formula is C27H32ClFN4O2S. The summed E-state index contributed by atoms with van der Waals surface area (Å²) in [6.07, 6.45) is 12.2. The van der Waals surface area contributed by atoms with Crippen molar-refractivity contribution >= 4 is 50.4 Å². The van der Waals surface area contributed by atoms with Crippen molar-refractivity contribution in [2.24, 2.45) is 0 Å². The fraction of sp³-hybridized carbons (Fsp3) is 0.444. The molecule has 1 unspecified atom stereocenters.